The number of methoxy groups -OCH3 is 3. The van der Waals surface area contributed by atoms with Gasteiger partial charge in [0.25, 0.3) is 0 Å². The summed E-state index contributed by atoms with van der Waals surface area (Å²) in [4.78, 5) is 0. The van der Waals surface area contributed by atoms with Gasteiger partial charge >= 0.3 is 0 Å². The van der Waals surface area contributed by atoms with Crippen molar-refractivity contribution in [2.45, 2.75) is 12.8 Å². The molecular weight excluding hydrogens is 240 g/mol. The van der Waals surface area contributed by atoms with Gasteiger partial charge in [0.15, 0.2) is 16.5 Å². The Bertz CT molecular complexity index is 404. The zero-order valence-electron chi connectivity index (χ0n) is 10.1. The predicted molar refractivity (Wildman–Crippen MR) is 69.6 cm³/mol. The molecule has 0 heterocycles. The van der Waals surface area contributed by atoms with Gasteiger partial charge < -0.3 is 19.3 Å². The van der Waals surface area contributed by atoms with Crippen LogP contribution < -0.4 is 14.2 Å². The van der Waals surface area contributed by atoms with E-state index in [0.29, 0.717) is 30.1 Å². The molecule has 1 aromatic carbocycles. The van der Waals surface area contributed by atoms with Crippen molar-refractivity contribution in [3.8, 4) is 17.2 Å². The van der Waals surface area contributed by atoms with Crippen molar-refractivity contribution >= 4 is 17.3 Å². The number of aryl methyl sites for hydroxylation is 1. The van der Waals surface area contributed by atoms with Crippen LogP contribution in [0.25, 0.3) is 0 Å². The van der Waals surface area contributed by atoms with E-state index in [9.17, 15) is 0 Å². The number of ether oxygens (including phenoxy) is 3. The third kappa shape index (κ3) is 3.23. The van der Waals surface area contributed by atoms with Crippen LogP contribution in [0.15, 0.2) is 12.1 Å². The van der Waals surface area contributed by atoms with Gasteiger partial charge in [-0.2, -0.15) is 0 Å². The largest absolute Gasteiger partial charge is 0.502 e. The Kier molecular flexibility index (Phi) is 5.03. The lowest BCUT2D eigenvalue weighted by atomic mass is 10.1. The summed E-state index contributed by atoms with van der Waals surface area (Å²) in [6, 6.07) is 3.68. The van der Waals surface area contributed by atoms with Crippen LogP contribution in [0.5, 0.6) is 17.2 Å². The lowest BCUT2D eigenvalue weighted by Gasteiger charge is -2.15. The Morgan fingerprint density at radius 2 is 1.76 bits per heavy atom. The highest BCUT2D eigenvalue weighted by atomic mass is 32.1. The van der Waals surface area contributed by atoms with E-state index in [1.807, 2.05) is 6.07 Å². The van der Waals surface area contributed by atoms with E-state index in [2.05, 4.69) is 12.2 Å². The van der Waals surface area contributed by atoms with Crippen molar-refractivity contribution in [1.82, 2.24) is 0 Å². The first-order chi connectivity index (χ1) is 8.13. The SMILES string of the molecule is COc1ccc(CCC(O)=S)c(OC)c1OC. The fourth-order valence-electron chi connectivity index (χ4n) is 1.60. The summed E-state index contributed by atoms with van der Waals surface area (Å²) < 4.78 is 15.8. The fraction of sp³-hybridized carbons (Fsp3) is 0.417. The van der Waals surface area contributed by atoms with Gasteiger partial charge in [-0.25, -0.2) is 0 Å². The fourth-order valence-corrected chi connectivity index (χ4v) is 1.70. The molecule has 0 aromatic heterocycles. The van der Waals surface area contributed by atoms with Gasteiger partial charge in [0.2, 0.25) is 5.75 Å². The van der Waals surface area contributed by atoms with Gasteiger partial charge in [0.05, 0.1) is 21.3 Å². The second-order valence-electron chi connectivity index (χ2n) is 3.39. The second-order valence-corrected chi connectivity index (χ2v) is 3.86. The molecule has 0 atom stereocenters. The van der Waals surface area contributed by atoms with Crippen LogP contribution in [0.4, 0.5) is 0 Å². The molecule has 17 heavy (non-hydrogen) atoms. The molecular formula is C12H16O4S. The molecule has 0 aliphatic carbocycles. The maximum Gasteiger partial charge on any atom is 0.203 e. The molecule has 0 radical (unpaired) electrons. The van der Waals surface area contributed by atoms with E-state index in [-0.39, 0.29) is 5.05 Å². The van der Waals surface area contributed by atoms with Crippen molar-refractivity contribution in [1.29, 1.82) is 0 Å². The lowest BCUT2D eigenvalue weighted by molar-refractivity contribution is 0.322. The first-order valence-electron chi connectivity index (χ1n) is 5.13. The van der Waals surface area contributed by atoms with Gasteiger partial charge in [0, 0.05) is 6.42 Å². The van der Waals surface area contributed by atoms with E-state index < -0.39 is 0 Å². The van der Waals surface area contributed by atoms with Crippen LogP contribution in [0, 0.1) is 0 Å². The summed E-state index contributed by atoms with van der Waals surface area (Å²) in [6.45, 7) is 0. The van der Waals surface area contributed by atoms with E-state index >= 15 is 0 Å². The average molecular weight is 256 g/mol. The molecule has 4 nitrogen and oxygen atoms in total. The maximum atomic E-state index is 9.04. The molecule has 0 unspecified atom stereocenters. The minimum atomic E-state index is -0.0122. The Labute approximate surface area is 106 Å². The molecule has 0 amide bonds. The third-order valence-corrected chi connectivity index (χ3v) is 2.60. The average Bonchev–Trinajstić information content (AvgIpc) is 2.34. The van der Waals surface area contributed by atoms with Crippen LogP contribution in [-0.2, 0) is 6.42 Å². The van der Waals surface area contributed by atoms with Gasteiger partial charge in [-0.3, -0.25) is 0 Å². The second kappa shape index (κ2) is 6.30. The quantitative estimate of drug-likeness (QED) is 0.792. The Hall–Kier alpha value is -1.49. The molecule has 0 fully saturated rings. The van der Waals surface area contributed by atoms with Crippen LogP contribution in [0.1, 0.15) is 12.0 Å². The highest BCUT2D eigenvalue weighted by Gasteiger charge is 2.15. The number of aliphatic hydroxyl groups excluding tert-OH is 1. The molecule has 0 bridgehead atoms. The smallest absolute Gasteiger partial charge is 0.203 e. The minimum absolute atomic E-state index is 0.0122. The molecule has 0 spiro atoms. The van der Waals surface area contributed by atoms with E-state index in [1.165, 1.54) is 0 Å². The highest BCUT2D eigenvalue weighted by Crippen LogP contribution is 2.40. The Balaban J connectivity index is 3.09. The summed E-state index contributed by atoms with van der Waals surface area (Å²) in [5, 5.41) is 9.03. The normalized spacial score (nSPS) is 9.82. The van der Waals surface area contributed by atoms with Gasteiger partial charge in [-0.15, -0.1) is 0 Å². The predicted octanol–water partition coefficient (Wildman–Crippen LogP) is 2.53. The van der Waals surface area contributed by atoms with E-state index in [1.54, 1.807) is 27.4 Å². The molecule has 1 N–H and O–H groups in total. The zero-order valence-corrected chi connectivity index (χ0v) is 11.0. The van der Waals surface area contributed by atoms with Crippen molar-refractivity contribution < 1.29 is 19.3 Å². The summed E-state index contributed by atoms with van der Waals surface area (Å²) in [5.41, 5.74) is 0.918. The van der Waals surface area contributed by atoms with Crippen LogP contribution in [0.2, 0.25) is 0 Å². The monoisotopic (exact) mass is 256 g/mol. The summed E-state index contributed by atoms with van der Waals surface area (Å²) in [5.74, 6) is 1.78. The van der Waals surface area contributed by atoms with Gasteiger partial charge in [-0.1, -0.05) is 6.07 Å². The van der Waals surface area contributed by atoms with Crippen LogP contribution in [-0.4, -0.2) is 31.5 Å². The Morgan fingerprint density at radius 1 is 1.12 bits per heavy atom. The van der Waals surface area contributed by atoms with E-state index in [4.69, 9.17) is 19.3 Å². The summed E-state index contributed by atoms with van der Waals surface area (Å²) in [6.07, 6.45) is 1.01. The number of hydrogen-bond acceptors (Lipinski definition) is 4. The lowest BCUT2D eigenvalue weighted by Crippen LogP contribution is -2.01. The number of hydrogen-bond donors (Lipinski definition) is 1. The van der Waals surface area contributed by atoms with Crippen molar-refractivity contribution in [3.05, 3.63) is 17.7 Å². The van der Waals surface area contributed by atoms with Crippen molar-refractivity contribution in [2.24, 2.45) is 0 Å². The Morgan fingerprint density at radius 3 is 2.24 bits per heavy atom. The molecule has 1 rings (SSSR count). The molecule has 1 aromatic rings. The van der Waals surface area contributed by atoms with Crippen LogP contribution >= 0.6 is 12.2 Å². The molecule has 0 aliphatic rings. The van der Waals surface area contributed by atoms with Gasteiger partial charge in [-0.05, 0) is 30.3 Å². The summed E-state index contributed by atoms with van der Waals surface area (Å²) >= 11 is 4.64. The zero-order chi connectivity index (χ0) is 12.8. The topological polar surface area (TPSA) is 47.9 Å². The third-order valence-electron chi connectivity index (χ3n) is 2.39. The highest BCUT2D eigenvalue weighted by molar-refractivity contribution is 7.80. The number of rotatable bonds is 6. The standard InChI is InChI=1S/C12H16O4S/c1-14-9-6-4-8(5-7-10(13)17)11(15-2)12(9)16-3/h4,6H,5,7H2,1-3H3,(H,13,17). The van der Waals surface area contributed by atoms with Crippen molar-refractivity contribution in [2.75, 3.05) is 21.3 Å². The minimum Gasteiger partial charge on any atom is -0.502 e. The molecule has 94 valence electrons. The molecule has 0 saturated carbocycles. The summed E-state index contributed by atoms with van der Waals surface area (Å²) in [7, 11) is 4.69. The first-order valence-corrected chi connectivity index (χ1v) is 5.54. The maximum absolute atomic E-state index is 9.04. The molecule has 0 aliphatic heterocycles. The molecule has 0 saturated heterocycles. The first kappa shape index (κ1) is 13.6. The van der Waals surface area contributed by atoms with Crippen LogP contribution in [0.3, 0.4) is 0 Å². The molecule has 5 heteroatoms. The van der Waals surface area contributed by atoms with Crippen molar-refractivity contribution in [3.63, 3.8) is 0 Å². The number of thiocarbonyl (C=S) groups is 1. The van der Waals surface area contributed by atoms with Gasteiger partial charge in [0.1, 0.15) is 0 Å². The number of benzene rings is 1. The van der Waals surface area contributed by atoms with E-state index in [0.717, 1.165) is 5.56 Å². The number of aliphatic hydroxyl groups is 1.